The SMILES string of the molecule is Cl.O=C(O)CCCC1CCNCC1. The normalized spacial score (nSPS) is 17.8. The molecule has 0 aromatic carbocycles. The molecule has 1 aliphatic heterocycles. The molecule has 0 aromatic rings. The molecule has 1 rings (SSSR count). The van der Waals surface area contributed by atoms with Gasteiger partial charge in [0.05, 0.1) is 0 Å². The summed E-state index contributed by atoms with van der Waals surface area (Å²) in [4.78, 5) is 10.2. The Morgan fingerprint density at radius 1 is 1.38 bits per heavy atom. The molecular weight excluding hydrogens is 190 g/mol. The first-order chi connectivity index (χ1) is 5.79. The second-order valence-corrected chi connectivity index (χ2v) is 3.48. The predicted octanol–water partition coefficient (Wildman–Crippen LogP) is 1.66. The summed E-state index contributed by atoms with van der Waals surface area (Å²) in [5, 5.41) is 11.7. The Labute approximate surface area is 85.3 Å². The molecule has 0 saturated carbocycles. The minimum Gasteiger partial charge on any atom is -0.481 e. The molecule has 13 heavy (non-hydrogen) atoms. The van der Waals surface area contributed by atoms with E-state index < -0.39 is 5.97 Å². The van der Waals surface area contributed by atoms with Crippen LogP contribution in [0.3, 0.4) is 0 Å². The molecule has 0 spiro atoms. The summed E-state index contributed by atoms with van der Waals surface area (Å²) in [6.45, 7) is 2.22. The van der Waals surface area contributed by atoms with Crippen molar-refractivity contribution in [2.45, 2.75) is 32.1 Å². The number of carboxylic acids is 1. The van der Waals surface area contributed by atoms with Gasteiger partial charge in [0.2, 0.25) is 0 Å². The number of piperidine rings is 1. The molecule has 3 nitrogen and oxygen atoms in total. The fraction of sp³-hybridized carbons (Fsp3) is 0.889. The Balaban J connectivity index is 0.00000144. The Morgan fingerprint density at radius 2 is 2.00 bits per heavy atom. The number of hydrogen-bond acceptors (Lipinski definition) is 2. The van der Waals surface area contributed by atoms with Gasteiger partial charge in [0.1, 0.15) is 0 Å². The van der Waals surface area contributed by atoms with Crippen molar-refractivity contribution in [3.8, 4) is 0 Å². The van der Waals surface area contributed by atoms with Gasteiger partial charge < -0.3 is 10.4 Å². The smallest absolute Gasteiger partial charge is 0.303 e. The first-order valence-corrected chi connectivity index (χ1v) is 4.71. The molecule has 1 fully saturated rings. The Morgan fingerprint density at radius 3 is 2.54 bits per heavy atom. The Kier molecular flexibility index (Phi) is 7.00. The third-order valence-electron chi connectivity index (χ3n) is 2.46. The van der Waals surface area contributed by atoms with E-state index in [1.54, 1.807) is 0 Å². The van der Waals surface area contributed by atoms with Crippen LogP contribution in [0.2, 0.25) is 0 Å². The number of hydrogen-bond donors (Lipinski definition) is 2. The first kappa shape index (κ1) is 12.7. The lowest BCUT2D eigenvalue weighted by Gasteiger charge is -2.21. The second kappa shape index (κ2) is 7.15. The molecule has 1 aliphatic rings. The first-order valence-electron chi connectivity index (χ1n) is 4.71. The van der Waals surface area contributed by atoms with Crippen LogP contribution in [-0.4, -0.2) is 24.2 Å². The maximum absolute atomic E-state index is 10.2. The van der Waals surface area contributed by atoms with Gasteiger partial charge >= 0.3 is 5.97 Å². The van der Waals surface area contributed by atoms with Gasteiger partial charge in [-0.05, 0) is 44.7 Å². The molecule has 0 bridgehead atoms. The van der Waals surface area contributed by atoms with Crippen LogP contribution in [0.4, 0.5) is 0 Å². The zero-order chi connectivity index (χ0) is 8.81. The van der Waals surface area contributed by atoms with Crippen LogP contribution in [0.15, 0.2) is 0 Å². The van der Waals surface area contributed by atoms with Crippen molar-refractivity contribution in [1.82, 2.24) is 5.32 Å². The van der Waals surface area contributed by atoms with Gasteiger partial charge in [-0.15, -0.1) is 12.4 Å². The monoisotopic (exact) mass is 207 g/mol. The highest BCUT2D eigenvalue weighted by Gasteiger charge is 2.12. The van der Waals surface area contributed by atoms with Gasteiger partial charge in [-0.3, -0.25) is 4.79 Å². The third kappa shape index (κ3) is 5.88. The topological polar surface area (TPSA) is 49.3 Å². The number of halogens is 1. The van der Waals surface area contributed by atoms with Gasteiger partial charge in [-0.2, -0.15) is 0 Å². The molecule has 0 radical (unpaired) electrons. The average molecular weight is 208 g/mol. The van der Waals surface area contributed by atoms with E-state index in [0.29, 0.717) is 6.42 Å². The number of nitrogens with one attached hydrogen (secondary N) is 1. The quantitative estimate of drug-likeness (QED) is 0.737. The maximum Gasteiger partial charge on any atom is 0.303 e. The highest BCUT2D eigenvalue weighted by Crippen LogP contribution is 2.18. The summed E-state index contributed by atoms with van der Waals surface area (Å²) in [7, 11) is 0. The van der Waals surface area contributed by atoms with Crippen molar-refractivity contribution in [3.05, 3.63) is 0 Å². The Bertz CT molecular complexity index is 147. The fourth-order valence-corrected chi connectivity index (χ4v) is 1.71. The number of carboxylic acid groups (broad SMARTS) is 1. The van der Waals surface area contributed by atoms with Gasteiger partial charge in [-0.1, -0.05) is 0 Å². The zero-order valence-electron chi connectivity index (χ0n) is 7.79. The van der Waals surface area contributed by atoms with Gasteiger partial charge in [0.15, 0.2) is 0 Å². The summed E-state index contributed by atoms with van der Waals surface area (Å²) in [6, 6.07) is 0. The van der Waals surface area contributed by atoms with E-state index in [1.165, 1.54) is 12.8 Å². The molecular formula is C9H18ClNO2. The molecule has 2 N–H and O–H groups in total. The van der Waals surface area contributed by atoms with Gasteiger partial charge in [-0.25, -0.2) is 0 Å². The maximum atomic E-state index is 10.2. The molecule has 0 aliphatic carbocycles. The lowest BCUT2D eigenvalue weighted by Crippen LogP contribution is -2.27. The van der Waals surface area contributed by atoms with Crippen molar-refractivity contribution >= 4 is 18.4 Å². The van der Waals surface area contributed by atoms with Crippen LogP contribution in [0.1, 0.15) is 32.1 Å². The minimum atomic E-state index is -0.663. The van der Waals surface area contributed by atoms with Crippen LogP contribution >= 0.6 is 12.4 Å². The van der Waals surface area contributed by atoms with E-state index >= 15 is 0 Å². The molecule has 0 atom stereocenters. The van der Waals surface area contributed by atoms with Crippen LogP contribution < -0.4 is 5.32 Å². The summed E-state index contributed by atoms with van der Waals surface area (Å²) in [5.74, 6) is 0.106. The lowest BCUT2D eigenvalue weighted by molar-refractivity contribution is -0.137. The van der Waals surface area contributed by atoms with Crippen LogP contribution in [0.5, 0.6) is 0 Å². The van der Waals surface area contributed by atoms with E-state index in [0.717, 1.165) is 31.8 Å². The summed E-state index contributed by atoms with van der Waals surface area (Å²) < 4.78 is 0. The average Bonchev–Trinajstić information content (AvgIpc) is 2.05. The van der Waals surface area contributed by atoms with E-state index in [1.807, 2.05) is 0 Å². The predicted molar refractivity (Wildman–Crippen MR) is 54.3 cm³/mol. The van der Waals surface area contributed by atoms with Crippen molar-refractivity contribution < 1.29 is 9.90 Å². The molecule has 1 heterocycles. The van der Waals surface area contributed by atoms with E-state index in [2.05, 4.69) is 5.32 Å². The van der Waals surface area contributed by atoms with E-state index in [4.69, 9.17) is 5.11 Å². The molecule has 78 valence electrons. The van der Waals surface area contributed by atoms with Crippen molar-refractivity contribution in [1.29, 1.82) is 0 Å². The van der Waals surface area contributed by atoms with Crippen LogP contribution in [0, 0.1) is 5.92 Å². The summed E-state index contributed by atoms with van der Waals surface area (Å²) >= 11 is 0. The van der Waals surface area contributed by atoms with E-state index in [9.17, 15) is 4.79 Å². The minimum absolute atomic E-state index is 0. The highest BCUT2D eigenvalue weighted by atomic mass is 35.5. The molecule has 0 unspecified atom stereocenters. The summed E-state index contributed by atoms with van der Waals surface area (Å²) in [6.07, 6.45) is 4.72. The number of rotatable bonds is 4. The summed E-state index contributed by atoms with van der Waals surface area (Å²) in [5.41, 5.74) is 0. The molecule has 0 aromatic heterocycles. The zero-order valence-corrected chi connectivity index (χ0v) is 8.61. The van der Waals surface area contributed by atoms with Crippen molar-refractivity contribution in [3.63, 3.8) is 0 Å². The Hall–Kier alpha value is -0.280. The van der Waals surface area contributed by atoms with E-state index in [-0.39, 0.29) is 12.4 Å². The fourth-order valence-electron chi connectivity index (χ4n) is 1.71. The van der Waals surface area contributed by atoms with Crippen molar-refractivity contribution in [2.24, 2.45) is 5.92 Å². The molecule has 4 heteroatoms. The standard InChI is InChI=1S/C9H17NO2.ClH/c11-9(12)3-1-2-8-4-6-10-7-5-8;/h8,10H,1-7H2,(H,11,12);1H. The van der Waals surface area contributed by atoms with Gasteiger partial charge in [0.25, 0.3) is 0 Å². The van der Waals surface area contributed by atoms with Crippen LogP contribution in [0.25, 0.3) is 0 Å². The highest BCUT2D eigenvalue weighted by molar-refractivity contribution is 5.85. The van der Waals surface area contributed by atoms with Gasteiger partial charge in [0, 0.05) is 6.42 Å². The lowest BCUT2D eigenvalue weighted by atomic mass is 9.93. The molecule has 0 amide bonds. The largest absolute Gasteiger partial charge is 0.481 e. The van der Waals surface area contributed by atoms with Crippen LogP contribution in [-0.2, 0) is 4.79 Å². The number of carbonyl (C=O) groups is 1. The third-order valence-corrected chi connectivity index (χ3v) is 2.46. The number of aliphatic carboxylic acids is 1. The van der Waals surface area contributed by atoms with Crippen molar-refractivity contribution in [2.75, 3.05) is 13.1 Å². The second-order valence-electron chi connectivity index (χ2n) is 3.48. The molecule has 1 saturated heterocycles.